The first-order valence-corrected chi connectivity index (χ1v) is 7.88. The van der Waals surface area contributed by atoms with Crippen LogP contribution >= 0.6 is 0 Å². The largest absolute Gasteiger partial charge is 0.483 e. The zero-order chi connectivity index (χ0) is 18.2. The van der Waals surface area contributed by atoms with Gasteiger partial charge in [0.1, 0.15) is 11.3 Å². The smallest absolute Gasteiger partial charge is 0.276 e. The summed E-state index contributed by atoms with van der Waals surface area (Å²) in [5.41, 5.74) is 6.83. The van der Waals surface area contributed by atoms with Crippen molar-refractivity contribution in [3.63, 3.8) is 0 Å². The Morgan fingerprint density at radius 1 is 1.12 bits per heavy atom. The highest BCUT2D eigenvalue weighted by Crippen LogP contribution is 2.18. The van der Waals surface area contributed by atoms with Crippen LogP contribution in [0.4, 0.5) is 0 Å². The molecule has 132 valence electrons. The van der Waals surface area contributed by atoms with Crippen molar-refractivity contribution in [1.29, 1.82) is 0 Å². The molecule has 0 saturated carbocycles. The third kappa shape index (κ3) is 5.20. The first-order valence-electron chi connectivity index (χ1n) is 7.88. The molecule has 0 aliphatic rings. The molecule has 0 saturated heterocycles. The number of benzene rings is 1. The van der Waals surface area contributed by atoms with E-state index in [-0.39, 0.29) is 18.1 Å². The summed E-state index contributed by atoms with van der Waals surface area (Å²) < 4.78 is 10.8. The Bertz CT molecular complexity index is 762. The minimum atomic E-state index is -0.517. The van der Waals surface area contributed by atoms with Gasteiger partial charge in [-0.2, -0.15) is 0 Å². The maximum atomic E-state index is 12.1. The van der Waals surface area contributed by atoms with Crippen molar-refractivity contribution in [2.45, 2.75) is 20.8 Å². The summed E-state index contributed by atoms with van der Waals surface area (Å²) in [5.74, 6) is -0.150. The van der Waals surface area contributed by atoms with Crippen molar-refractivity contribution in [3.8, 4) is 11.6 Å². The molecule has 0 aliphatic heterocycles. The average Bonchev–Trinajstić information content (AvgIpc) is 2.61. The lowest BCUT2D eigenvalue weighted by atomic mass is 10.1. The lowest BCUT2D eigenvalue weighted by molar-refractivity contribution is -0.123. The highest BCUT2D eigenvalue weighted by Gasteiger charge is 2.14. The lowest BCUT2D eigenvalue weighted by Crippen LogP contribution is -2.44. The number of aryl methyl sites for hydroxylation is 2. The molecule has 0 fully saturated rings. The Hall–Kier alpha value is -3.09. The molecule has 2 N–H and O–H groups in total. The normalized spacial score (nSPS) is 10.0. The van der Waals surface area contributed by atoms with E-state index in [1.54, 1.807) is 19.1 Å². The number of carbonyl (C=O) groups excluding carboxylic acids is 2. The molecule has 0 unspecified atom stereocenters. The molecule has 25 heavy (non-hydrogen) atoms. The molecule has 1 aromatic heterocycles. The van der Waals surface area contributed by atoms with E-state index >= 15 is 0 Å². The fourth-order valence-corrected chi connectivity index (χ4v) is 2.05. The summed E-state index contributed by atoms with van der Waals surface area (Å²) in [5, 5.41) is 0. The van der Waals surface area contributed by atoms with Crippen LogP contribution in [0.25, 0.3) is 0 Å². The second kappa shape index (κ2) is 8.68. The molecular formula is C18H21N3O4. The molecule has 2 amide bonds. The first-order chi connectivity index (χ1) is 12.0. The van der Waals surface area contributed by atoms with E-state index in [1.165, 1.54) is 6.20 Å². The monoisotopic (exact) mass is 343 g/mol. The number of nitrogens with one attached hydrogen (secondary N) is 2. The number of nitrogens with zero attached hydrogens (tertiary/aromatic N) is 1. The van der Waals surface area contributed by atoms with E-state index in [9.17, 15) is 9.59 Å². The predicted octanol–water partition coefficient (Wildman–Crippen LogP) is 1.94. The van der Waals surface area contributed by atoms with Crippen molar-refractivity contribution in [2.24, 2.45) is 0 Å². The summed E-state index contributed by atoms with van der Waals surface area (Å²) in [6, 6.07) is 8.91. The third-order valence-electron chi connectivity index (χ3n) is 3.31. The van der Waals surface area contributed by atoms with Gasteiger partial charge >= 0.3 is 0 Å². The second-order valence-electron chi connectivity index (χ2n) is 5.35. The summed E-state index contributed by atoms with van der Waals surface area (Å²) in [4.78, 5) is 28.0. The van der Waals surface area contributed by atoms with Gasteiger partial charge in [0.15, 0.2) is 6.61 Å². The number of hydrogen-bond donors (Lipinski definition) is 2. The van der Waals surface area contributed by atoms with Crippen molar-refractivity contribution in [1.82, 2.24) is 15.8 Å². The van der Waals surface area contributed by atoms with Crippen LogP contribution in [0.1, 0.15) is 28.4 Å². The van der Waals surface area contributed by atoms with Crippen molar-refractivity contribution >= 4 is 11.8 Å². The quantitative estimate of drug-likeness (QED) is 0.783. The third-order valence-corrected chi connectivity index (χ3v) is 3.31. The molecule has 0 spiro atoms. The van der Waals surface area contributed by atoms with Crippen molar-refractivity contribution in [3.05, 3.63) is 53.2 Å². The molecule has 2 aromatic rings. The Morgan fingerprint density at radius 2 is 1.92 bits per heavy atom. The molecule has 1 heterocycles. The number of hydrogen-bond acceptors (Lipinski definition) is 5. The fraction of sp³-hybridized carbons (Fsp3) is 0.278. The van der Waals surface area contributed by atoms with Gasteiger partial charge in [-0.3, -0.25) is 20.4 Å². The van der Waals surface area contributed by atoms with Gasteiger partial charge < -0.3 is 9.47 Å². The fourth-order valence-electron chi connectivity index (χ4n) is 2.05. The zero-order valence-electron chi connectivity index (χ0n) is 14.5. The Kier molecular flexibility index (Phi) is 6.33. The van der Waals surface area contributed by atoms with Crippen LogP contribution in [-0.4, -0.2) is 30.0 Å². The molecule has 7 nitrogen and oxygen atoms in total. The van der Waals surface area contributed by atoms with Crippen LogP contribution in [0.15, 0.2) is 36.5 Å². The number of carbonyl (C=O) groups is 2. The topological polar surface area (TPSA) is 89.5 Å². The summed E-state index contributed by atoms with van der Waals surface area (Å²) >= 11 is 0. The van der Waals surface area contributed by atoms with Gasteiger partial charge in [-0.25, -0.2) is 4.98 Å². The summed E-state index contributed by atoms with van der Waals surface area (Å²) in [6.07, 6.45) is 1.53. The first kappa shape index (κ1) is 18.3. The van der Waals surface area contributed by atoms with Crippen molar-refractivity contribution < 1.29 is 19.1 Å². The van der Waals surface area contributed by atoms with Gasteiger partial charge in [0.25, 0.3) is 11.8 Å². The lowest BCUT2D eigenvalue weighted by Gasteiger charge is -2.12. The highest BCUT2D eigenvalue weighted by molar-refractivity contribution is 5.97. The van der Waals surface area contributed by atoms with E-state index in [0.717, 1.165) is 11.1 Å². The molecule has 0 radical (unpaired) electrons. The number of amides is 2. The van der Waals surface area contributed by atoms with Crippen LogP contribution in [0.5, 0.6) is 11.6 Å². The van der Waals surface area contributed by atoms with Gasteiger partial charge in [0.2, 0.25) is 5.88 Å². The van der Waals surface area contributed by atoms with Gasteiger partial charge in [0, 0.05) is 6.20 Å². The minimum Gasteiger partial charge on any atom is -0.483 e. The van der Waals surface area contributed by atoms with Crippen LogP contribution in [0, 0.1) is 13.8 Å². The van der Waals surface area contributed by atoms with Gasteiger partial charge in [0.05, 0.1) is 6.61 Å². The van der Waals surface area contributed by atoms with Crippen molar-refractivity contribution in [2.75, 3.05) is 13.2 Å². The molecule has 0 bridgehead atoms. The van der Waals surface area contributed by atoms with Crippen LogP contribution < -0.4 is 20.3 Å². The zero-order valence-corrected chi connectivity index (χ0v) is 14.5. The number of hydrazine groups is 1. The van der Waals surface area contributed by atoms with E-state index in [0.29, 0.717) is 12.4 Å². The molecule has 0 aliphatic carbocycles. The Balaban J connectivity index is 1.87. The Labute approximate surface area is 146 Å². The summed E-state index contributed by atoms with van der Waals surface area (Å²) in [7, 11) is 0. The number of aromatic nitrogens is 1. The number of ether oxygens (including phenoxy) is 2. The average molecular weight is 343 g/mol. The van der Waals surface area contributed by atoms with E-state index < -0.39 is 11.8 Å². The maximum Gasteiger partial charge on any atom is 0.276 e. The molecular weight excluding hydrogens is 322 g/mol. The van der Waals surface area contributed by atoms with Crippen LogP contribution in [0.3, 0.4) is 0 Å². The molecule has 7 heteroatoms. The highest BCUT2D eigenvalue weighted by atomic mass is 16.5. The van der Waals surface area contributed by atoms with Crippen LogP contribution in [-0.2, 0) is 4.79 Å². The molecule has 0 atom stereocenters. The molecule has 2 rings (SSSR count). The van der Waals surface area contributed by atoms with Gasteiger partial charge in [-0.15, -0.1) is 0 Å². The van der Waals surface area contributed by atoms with E-state index in [1.807, 2.05) is 32.0 Å². The van der Waals surface area contributed by atoms with E-state index in [4.69, 9.17) is 9.47 Å². The minimum absolute atomic E-state index is 0.211. The number of pyridine rings is 1. The predicted molar refractivity (Wildman–Crippen MR) is 92.4 cm³/mol. The molecule has 1 aromatic carbocycles. The van der Waals surface area contributed by atoms with Gasteiger partial charge in [-0.05, 0) is 50.1 Å². The maximum absolute atomic E-state index is 12.1. The van der Waals surface area contributed by atoms with Gasteiger partial charge in [-0.1, -0.05) is 12.1 Å². The van der Waals surface area contributed by atoms with Crippen LogP contribution in [0.2, 0.25) is 0 Å². The Morgan fingerprint density at radius 3 is 2.68 bits per heavy atom. The summed E-state index contributed by atoms with van der Waals surface area (Å²) in [6.45, 7) is 5.80. The number of rotatable bonds is 6. The standard InChI is InChI=1S/C18H21N3O4/c1-4-24-18-14(6-5-9-19-18)17(23)21-20-16(22)11-25-15-10-12(2)7-8-13(15)3/h5-10H,4,11H2,1-3H3,(H,20,22)(H,21,23). The second-order valence-corrected chi connectivity index (χ2v) is 5.35. The van der Waals surface area contributed by atoms with E-state index in [2.05, 4.69) is 15.8 Å². The SMILES string of the molecule is CCOc1ncccc1C(=O)NNC(=O)COc1cc(C)ccc1C.